The number of thioether (sulfide) groups is 2. The van der Waals surface area contributed by atoms with Gasteiger partial charge < -0.3 is 10.2 Å². The van der Waals surface area contributed by atoms with Gasteiger partial charge in [0.15, 0.2) is 10.8 Å². The molecule has 0 spiro atoms. The topological polar surface area (TPSA) is 75.9 Å². The van der Waals surface area contributed by atoms with Crippen molar-refractivity contribution in [2.45, 2.75) is 35.9 Å². The number of hydrogen-bond donors (Lipinski definition) is 1. The van der Waals surface area contributed by atoms with E-state index in [1.165, 1.54) is 17.7 Å². The van der Waals surface area contributed by atoms with E-state index in [1.54, 1.807) is 23.5 Å². The summed E-state index contributed by atoms with van der Waals surface area (Å²) in [4.78, 5) is 25.1. The summed E-state index contributed by atoms with van der Waals surface area (Å²) in [7, 11) is 0. The van der Waals surface area contributed by atoms with Crippen LogP contribution in [0.25, 0.3) is 11.0 Å². The fraction of sp³-hybridized carbons (Fsp3) is 0.429. The molecule has 0 radical (unpaired) electrons. The van der Waals surface area contributed by atoms with Crippen LogP contribution in [0.4, 0.5) is 5.82 Å². The van der Waals surface area contributed by atoms with Crippen molar-refractivity contribution in [2.75, 3.05) is 36.5 Å². The van der Waals surface area contributed by atoms with Gasteiger partial charge in [0.25, 0.3) is 0 Å². The zero-order valence-corrected chi connectivity index (χ0v) is 18.7. The molecular formula is C21H26N6OS2. The van der Waals surface area contributed by atoms with Gasteiger partial charge in [-0.1, -0.05) is 30.0 Å². The minimum Gasteiger partial charge on any atom is -0.356 e. The highest BCUT2D eigenvalue weighted by Gasteiger charge is 2.20. The summed E-state index contributed by atoms with van der Waals surface area (Å²) in [6.45, 7) is 3.18. The number of carbonyl (C=O) groups excluding carboxylic acids is 1. The van der Waals surface area contributed by atoms with Gasteiger partial charge in [-0.05, 0) is 31.2 Å². The Kier molecular flexibility index (Phi) is 7.11. The number of hydrogen-bond acceptors (Lipinski definition) is 7. The van der Waals surface area contributed by atoms with Crippen LogP contribution < -0.4 is 10.2 Å². The molecule has 1 aliphatic heterocycles. The molecule has 2 aromatic heterocycles. The Morgan fingerprint density at radius 2 is 1.97 bits per heavy atom. The lowest BCUT2D eigenvalue weighted by Crippen LogP contribution is -2.27. The maximum absolute atomic E-state index is 12.2. The molecule has 0 unspecified atom stereocenters. The minimum absolute atomic E-state index is 0.0621. The smallest absolute Gasteiger partial charge is 0.220 e. The molecule has 30 heavy (non-hydrogen) atoms. The number of nitrogens with zero attached hydrogens (tertiary/aromatic N) is 5. The van der Waals surface area contributed by atoms with Crippen LogP contribution in [-0.2, 0) is 11.3 Å². The minimum atomic E-state index is 0.0621. The van der Waals surface area contributed by atoms with Crippen LogP contribution in [0.15, 0.2) is 46.6 Å². The number of carbonyl (C=O) groups is 1. The monoisotopic (exact) mass is 442 g/mol. The number of anilines is 1. The van der Waals surface area contributed by atoms with E-state index in [1.807, 2.05) is 35.3 Å². The Bertz CT molecular complexity index is 988. The van der Waals surface area contributed by atoms with Gasteiger partial charge >= 0.3 is 0 Å². The Hall–Kier alpha value is -2.26. The highest BCUT2D eigenvalue weighted by Crippen LogP contribution is 2.28. The molecule has 1 N–H and O–H groups in total. The molecule has 1 amide bonds. The first-order chi connectivity index (χ1) is 14.7. The van der Waals surface area contributed by atoms with Crippen molar-refractivity contribution in [3.63, 3.8) is 0 Å². The van der Waals surface area contributed by atoms with Crippen molar-refractivity contribution in [2.24, 2.45) is 0 Å². The number of benzene rings is 1. The third kappa shape index (κ3) is 5.07. The van der Waals surface area contributed by atoms with E-state index in [0.717, 1.165) is 40.9 Å². The summed E-state index contributed by atoms with van der Waals surface area (Å²) < 4.78 is 1.87. The van der Waals surface area contributed by atoms with E-state index in [2.05, 4.69) is 32.4 Å². The highest BCUT2D eigenvalue weighted by atomic mass is 32.2. The maximum Gasteiger partial charge on any atom is 0.220 e. The van der Waals surface area contributed by atoms with Gasteiger partial charge in [-0.15, -0.1) is 11.8 Å². The Morgan fingerprint density at radius 3 is 2.73 bits per heavy atom. The molecule has 158 valence electrons. The molecule has 1 saturated heterocycles. The third-order valence-corrected chi connectivity index (χ3v) is 6.59. The average Bonchev–Trinajstić information content (AvgIpc) is 3.44. The number of aromatic nitrogens is 4. The molecule has 0 bridgehead atoms. The summed E-state index contributed by atoms with van der Waals surface area (Å²) in [5.41, 5.74) is 0.838. The second-order valence-corrected chi connectivity index (χ2v) is 9.04. The summed E-state index contributed by atoms with van der Waals surface area (Å²) >= 11 is 3.24. The largest absolute Gasteiger partial charge is 0.356 e. The van der Waals surface area contributed by atoms with Gasteiger partial charge in [0.1, 0.15) is 5.82 Å². The van der Waals surface area contributed by atoms with Crippen LogP contribution in [-0.4, -0.2) is 57.3 Å². The first kappa shape index (κ1) is 21.0. The van der Waals surface area contributed by atoms with Crippen molar-refractivity contribution in [1.29, 1.82) is 0 Å². The summed E-state index contributed by atoms with van der Waals surface area (Å²) in [5.74, 6) is 1.81. The van der Waals surface area contributed by atoms with Crippen LogP contribution in [0.3, 0.4) is 0 Å². The lowest BCUT2D eigenvalue weighted by atomic mass is 10.3. The number of amides is 1. The van der Waals surface area contributed by atoms with Gasteiger partial charge in [-0.25, -0.2) is 14.6 Å². The molecule has 0 saturated carbocycles. The van der Waals surface area contributed by atoms with E-state index < -0.39 is 0 Å². The van der Waals surface area contributed by atoms with Crippen molar-refractivity contribution < 1.29 is 4.79 Å². The predicted octanol–water partition coefficient (Wildman–Crippen LogP) is 3.45. The van der Waals surface area contributed by atoms with Crippen LogP contribution in [0.1, 0.15) is 19.3 Å². The van der Waals surface area contributed by atoms with Crippen molar-refractivity contribution in [3.8, 4) is 0 Å². The van der Waals surface area contributed by atoms with Gasteiger partial charge in [-0.3, -0.25) is 4.79 Å². The van der Waals surface area contributed by atoms with Crippen LogP contribution >= 0.6 is 23.5 Å². The Labute approximate surface area is 185 Å². The fourth-order valence-electron chi connectivity index (χ4n) is 3.51. The number of rotatable bonds is 9. The van der Waals surface area contributed by atoms with Crippen LogP contribution in [0.2, 0.25) is 0 Å². The first-order valence-corrected chi connectivity index (χ1v) is 12.4. The third-order valence-electron chi connectivity index (χ3n) is 5.03. The molecule has 3 aromatic rings. The molecule has 1 aromatic carbocycles. The number of fused-ring (bicyclic) bond motifs is 1. The highest BCUT2D eigenvalue weighted by molar-refractivity contribution is 7.99. The molecule has 0 aliphatic carbocycles. The van der Waals surface area contributed by atoms with E-state index in [4.69, 9.17) is 4.98 Å². The Morgan fingerprint density at radius 1 is 1.17 bits per heavy atom. The second-order valence-electron chi connectivity index (χ2n) is 7.09. The van der Waals surface area contributed by atoms with Gasteiger partial charge in [0.05, 0.1) is 18.1 Å². The average molecular weight is 443 g/mol. The zero-order chi connectivity index (χ0) is 20.8. The Balaban J connectivity index is 1.33. The lowest BCUT2D eigenvalue weighted by Gasteiger charge is -2.17. The maximum atomic E-state index is 12.2. The molecule has 9 heteroatoms. The molecule has 3 heterocycles. The van der Waals surface area contributed by atoms with Gasteiger partial charge in [0.2, 0.25) is 5.91 Å². The van der Waals surface area contributed by atoms with Crippen molar-refractivity contribution in [3.05, 3.63) is 36.5 Å². The standard InChI is InChI=1S/C21H26N6OS2/c1-29-21-24-19(26-11-5-6-12-26)17-15-23-27(20(17)25-21)13-10-22-18(28)9-14-30-16-7-3-2-4-8-16/h2-4,7-8,15H,5-6,9-14H2,1H3,(H,22,28). The summed E-state index contributed by atoms with van der Waals surface area (Å²) in [6.07, 6.45) is 6.73. The van der Waals surface area contributed by atoms with E-state index >= 15 is 0 Å². The summed E-state index contributed by atoms with van der Waals surface area (Å²) in [5, 5.41) is 9.27. The predicted molar refractivity (Wildman–Crippen MR) is 123 cm³/mol. The molecule has 1 aliphatic rings. The quantitative estimate of drug-likeness (QED) is 0.402. The summed E-state index contributed by atoms with van der Waals surface area (Å²) in [6, 6.07) is 10.1. The van der Waals surface area contributed by atoms with E-state index in [0.29, 0.717) is 19.5 Å². The van der Waals surface area contributed by atoms with E-state index in [-0.39, 0.29) is 5.91 Å². The first-order valence-electron chi connectivity index (χ1n) is 10.2. The molecular weight excluding hydrogens is 416 g/mol. The van der Waals surface area contributed by atoms with Crippen LogP contribution in [0.5, 0.6) is 0 Å². The van der Waals surface area contributed by atoms with Gasteiger partial charge in [-0.2, -0.15) is 5.10 Å². The fourth-order valence-corrected chi connectivity index (χ4v) is 4.74. The lowest BCUT2D eigenvalue weighted by molar-refractivity contribution is -0.120. The van der Waals surface area contributed by atoms with Crippen molar-refractivity contribution in [1.82, 2.24) is 25.1 Å². The van der Waals surface area contributed by atoms with Gasteiger partial charge in [0, 0.05) is 36.7 Å². The molecule has 0 atom stereocenters. The molecule has 4 rings (SSSR count). The van der Waals surface area contributed by atoms with E-state index in [9.17, 15) is 4.79 Å². The number of nitrogens with one attached hydrogen (secondary N) is 1. The molecule has 7 nitrogen and oxygen atoms in total. The zero-order valence-electron chi connectivity index (χ0n) is 17.1. The van der Waals surface area contributed by atoms with Crippen molar-refractivity contribution >= 4 is 46.3 Å². The SMILES string of the molecule is CSc1nc(N2CCCC2)c2cnn(CCNC(=O)CCSc3ccccc3)c2n1. The normalized spacial score (nSPS) is 13.8. The molecule has 1 fully saturated rings. The van der Waals surface area contributed by atoms with Crippen LogP contribution in [0, 0.1) is 0 Å². The second kappa shape index (κ2) is 10.2.